The zero-order valence-electron chi connectivity index (χ0n) is 11.8. The number of benzene rings is 1. The highest BCUT2D eigenvalue weighted by Crippen LogP contribution is 2.46. The average molecular weight is 287 g/mol. The molecule has 106 valence electrons. The maximum Gasteiger partial charge on any atom is 0.304 e. The summed E-state index contributed by atoms with van der Waals surface area (Å²) in [5, 5.41) is 9.50. The Morgan fingerprint density at radius 3 is 2.26 bits per heavy atom. The van der Waals surface area contributed by atoms with E-state index in [2.05, 4.69) is 0 Å². The first kappa shape index (κ1) is 15.6. The van der Waals surface area contributed by atoms with Gasteiger partial charge in [-0.3, -0.25) is 4.79 Å². The Morgan fingerprint density at radius 1 is 1.32 bits per heavy atom. The Hall–Kier alpha value is -1.42. The monoisotopic (exact) mass is 286 g/mol. The summed E-state index contributed by atoms with van der Waals surface area (Å²) in [7, 11) is 3.03. The lowest BCUT2D eigenvalue weighted by Gasteiger charge is -2.28. The van der Waals surface area contributed by atoms with Crippen LogP contribution in [0.3, 0.4) is 0 Å². The Kier molecular flexibility index (Phi) is 4.69. The number of carboxylic acid groups (broad SMARTS) is 1. The van der Waals surface area contributed by atoms with E-state index in [1.807, 2.05) is 20.8 Å². The number of hydrogen-bond donors (Lipinski definition) is 1. The van der Waals surface area contributed by atoms with Gasteiger partial charge in [0.05, 0.1) is 25.7 Å². The first-order valence-corrected chi connectivity index (χ1v) is 6.25. The van der Waals surface area contributed by atoms with Crippen LogP contribution in [0.5, 0.6) is 11.5 Å². The zero-order chi connectivity index (χ0) is 14.8. The molecule has 0 saturated carbocycles. The summed E-state index contributed by atoms with van der Waals surface area (Å²) < 4.78 is 10.7. The second-order valence-electron chi connectivity index (χ2n) is 5.07. The standard InChI is InChI=1S/C14H19ClO4/c1-8-6-9(15)12(18-4)13(19-5)11(8)14(2,3)7-10(16)17/h6H,7H2,1-5H3,(H,16,17). The fourth-order valence-electron chi connectivity index (χ4n) is 2.42. The smallest absolute Gasteiger partial charge is 0.304 e. The maximum atomic E-state index is 11.0. The van der Waals surface area contributed by atoms with Crippen LogP contribution in [0.25, 0.3) is 0 Å². The van der Waals surface area contributed by atoms with Crippen LogP contribution in [-0.2, 0) is 10.2 Å². The maximum absolute atomic E-state index is 11.0. The molecule has 0 amide bonds. The molecule has 0 heterocycles. The van der Waals surface area contributed by atoms with Gasteiger partial charge in [0.25, 0.3) is 0 Å². The van der Waals surface area contributed by atoms with Crippen LogP contribution in [0.1, 0.15) is 31.4 Å². The molecule has 0 spiro atoms. The van der Waals surface area contributed by atoms with Crippen molar-refractivity contribution >= 4 is 17.6 Å². The van der Waals surface area contributed by atoms with E-state index in [0.717, 1.165) is 11.1 Å². The van der Waals surface area contributed by atoms with Crippen LogP contribution >= 0.6 is 11.6 Å². The van der Waals surface area contributed by atoms with Gasteiger partial charge in [0.2, 0.25) is 0 Å². The number of ether oxygens (including phenoxy) is 2. The van der Waals surface area contributed by atoms with E-state index in [0.29, 0.717) is 16.5 Å². The number of rotatable bonds is 5. The lowest BCUT2D eigenvalue weighted by molar-refractivity contribution is -0.138. The number of aryl methyl sites for hydroxylation is 1. The summed E-state index contributed by atoms with van der Waals surface area (Å²) in [5.74, 6) is 0.0716. The molecule has 4 nitrogen and oxygen atoms in total. The van der Waals surface area contributed by atoms with Crippen molar-refractivity contribution < 1.29 is 19.4 Å². The van der Waals surface area contributed by atoms with Crippen LogP contribution in [0.2, 0.25) is 5.02 Å². The van der Waals surface area contributed by atoms with E-state index in [9.17, 15) is 4.79 Å². The molecular weight excluding hydrogens is 268 g/mol. The summed E-state index contributed by atoms with van der Waals surface area (Å²) >= 11 is 6.12. The molecule has 0 aliphatic carbocycles. The molecule has 0 atom stereocenters. The fraction of sp³-hybridized carbons (Fsp3) is 0.500. The Balaban J connectivity index is 3.53. The molecule has 0 aliphatic rings. The Labute approximate surface area is 118 Å². The number of methoxy groups -OCH3 is 2. The molecular formula is C14H19ClO4. The Morgan fingerprint density at radius 2 is 1.84 bits per heavy atom. The first-order chi connectivity index (χ1) is 8.74. The van der Waals surface area contributed by atoms with Gasteiger partial charge in [0, 0.05) is 11.0 Å². The van der Waals surface area contributed by atoms with Crippen molar-refractivity contribution in [2.45, 2.75) is 32.6 Å². The van der Waals surface area contributed by atoms with Gasteiger partial charge in [-0.25, -0.2) is 0 Å². The third kappa shape index (κ3) is 3.13. The van der Waals surface area contributed by atoms with E-state index in [1.165, 1.54) is 14.2 Å². The second-order valence-corrected chi connectivity index (χ2v) is 5.48. The summed E-state index contributed by atoms with van der Waals surface area (Å²) in [4.78, 5) is 11.0. The van der Waals surface area contributed by atoms with E-state index >= 15 is 0 Å². The lowest BCUT2D eigenvalue weighted by atomic mass is 9.78. The van der Waals surface area contributed by atoms with Gasteiger partial charge in [-0.1, -0.05) is 25.4 Å². The summed E-state index contributed by atoms with van der Waals surface area (Å²) in [6, 6.07) is 1.77. The predicted octanol–water partition coefficient (Wildman–Crippen LogP) is 3.42. The van der Waals surface area contributed by atoms with E-state index < -0.39 is 11.4 Å². The first-order valence-electron chi connectivity index (χ1n) is 5.88. The molecule has 1 aromatic carbocycles. The van der Waals surface area contributed by atoms with Gasteiger partial charge in [-0.2, -0.15) is 0 Å². The predicted molar refractivity (Wildman–Crippen MR) is 74.6 cm³/mol. The van der Waals surface area contributed by atoms with Crippen molar-refractivity contribution in [2.24, 2.45) is 0 Å². The molecule has 0 bridgehead atoms. The highest BCUT2D eigenvalue weighted by molar-refractivity contribution is 6.32. The minimum atomic E-state index is -0.861. The molecule has 1 rings (SSSR count). The van der Waals surface area contributed by atoms with Crippen molar-refractivity contribution in [3.05, 3.63) is 22.2 Å². The number of aliphatic carboxylic acids is 1. The van der Waals surface area contributed by atoms with Gasteiger partial charge < -0.3 is 14.6 Å². The fourth-order valence-corrected chi connectivity index (χ4v) is 2.75. The van der Waals surface area contributed by atoms with E-state index in [-0.39, 0.29) is 6.42 Å². The average Bonchev–Trinajstić information content (AvgIpc) is 2.25. The molecule has 1 aromatic rings. The van der Waals surface area contributed by atoms with Gasteiger partial charge in [0.1, 0.15) is 0 Å². The van der Waals surface area contributed by atoms with Crippen LogP contribution in [0, 0.1) is 6.92 Å². The number of carboxylic acids is 1. The van der Waals surface area contributed by atoms with Crippen molar-refractivity contribution in [3.63, 3.8) is 0 Å². The molecule has 0 aromatic heterocycles. The van der Waals surface area contributed by atoms with E-state index in [1.54, 1.807) is 6.07 Å². The summed E-state index contributed by atoms with van der Waals surface area (Å²) in [6.07, 6.45) is -0.00497. The molecule has 0 saturated heterocycles. The van der Waals surface area contributed by atoms with Gasteiger partial charge >= 0.3 is 5.97 Å². The van der Waals surface area contributed by atoms with Crippen molar-refractivity contribution in [3.8, 4) is 11.5 Å². The molecule has 5 heteroatoms. The highest BCUT2D eigenvalue weighted by atomic mass is 35.5. The third-order valence-corrected chi connectivity index (χ3v) is 3.35. The zero-order valence-corrected chi connectivity index (χ0v) is 12.6. The molecule has 0 fully saturated rings. The van der Waals surface area contributed by atoms with Crippen LogP contribution < -0.4 is 9.47 Å². The second kappa shape index (κ2) is 5.70. The highest BCUT2D eigenvalue weighted by Gasteiger charge is 2.32. The topological polar surface area (TPSA) is 55.8 Å². The van der Waals surface area contributed by atoms with Crippen LogP contribution in [0.15, 0.2) is 6.07 Å². The van der Waals surface area contributed by atoms with Gasteiger partial charge in [-0.05, 0) is 18.6 Å². The van der Waals surface area contributed by atoms with Crippen molar-refractivity contribution in [1.29, 1.82) is 0 Å². The SMILES string of the molecule is COc1c(Cl)cc(C)c(C(C)(C)CC(=O)O)c1OC. The summed E-state index contributed by atoms with van der Waals surface area (Å²) in [5.41, 5.74) is 1.10. The number of hydrogen-bond acceptors (Lipinski definition) is 3. The van der Waals surface area contributed by atoms with Gasteiger partial charge in [0.15, 0.2) is 11.5 Å². The molecule has 19 heavy (non-hydrogen) atoms. The van der Waals surface area contributed by atoms with Crippen LogP contribution in [-0.4, -0.2) is 25.3 Å². The largest absolute Gasteiger partial charge is 0.492 e. The number of carbonyl (C=O) groups is 1. The third-order valence-electron chi connectivity index (χ3n) is 3.07. The minimum absolute atomic E-state index is 0.00497. The van der Waals surface area contributed by atoms with Crippen molar-refractivity contribution in [1.82, 2.24) is 0 Å². The van der Waals surface area contributed by atoms with Crippen LogP contribution in [0.4, 0.5) is 0 Å². The molecule has 1 N–H and O–H groups in total. The lowest BCUT2D eigenvalue weighted by Crippen LogP contribution is -2.24. The minimum Gasteiger partial charge on any atom is -0.492 e. The quantitative estimate of drug-likeness (QED) is 0.901. The number of halogens is 1. The Bertz CT molecular complexity index is 495. The van der Waals surface area contributed by atoms with Gasteiger partial charge in [-0.15, -0.1) is 0 Å². The van der Waals surface area contributed by atoms with E-state index in [4.69, 9.17) is 26.2 Å². The molecule has 0 aliphatic heterocycles. The normalized spacial score (nSPS) is 11.3. The molecule has 0 radical (unpaired) electrons. The molecule has 0 unspecified atom stereocenters. The summed E-state index contributed by atoms with van der Waals surface area (Å²) in [6.45, 7) is 5.60. The van der Waals surface area contributed by atoms with Crippen molar-refractivity contribution in [2.75, 3.05) is 14.2 Å².